The van der Waals surface area contributed by atoms with Crippen molar-refractivity contribution >= 4 is 40.8 Å². The lowest BCUT2D eigenvalue weighted by Crippen LogP contribution is -2.19. The van der Waals surface area contributed by atoms with Crippen molar-refractivity contribution in [2.45, 2.75) is 12.1 Å². The summed E-state index contributed by atoms with van der Waals surface area (Å²) in [7, 11) is 1.48. The molecule has 0 atom stereocenters. The van der Waals surface area contributed by atoms with Crippen LogP contribution in [0, 0.1) is 0 Å². The summed E-state index contributed by atoms with van der Waals surface area (Å²) in [5.41, 5.74) is 1.54. The van der Waals surface area contributed by atoms with E-state index in [0.29, 0.717) is 27.9 Å². The molecule has 162 valence electrons. The normalized spacial score (nSPS) is 10.5. The number of thioether (sulfide) groups is 1. The average Bonchev–Trinajstić information content (AvgIpc) is 3.25. The van der Waals surface area contributed by atoms with Gasteiger partial charge in [-0.2, -0.15) is 0 Å². The molecule has 0 aliphatic rings. The first-order valence-electron chi connectivity index (χ1n) is 9.33. The van der Waals surface area contributed by atoms with Gasteiger partial charge in [0.2, 0.25) is 5.89 Å². The van der Waals surface area contributed by atoms with Gasteiger partial charge in [0.1, 0.15) is 12.3 Å². The summed E-state index contributed by atoms with van der Waals surface area (Å²) < 4.78 is 15.9. The van der Waals surface area contributed by atoms with Gasteiger partial charge in [0.25, 0.3) is 5.22 Å². The highest BCUT2D eigenvalue weighted by molar-refractivity contribution is 7.99. The fraction of sp³-hybridized carbons (Fsp3) is 0.238. The molecule has 0 aliphatic carbocycles. The Bertz CT molecular complexity index is 1060. The molecule has 8 nitrogen and oxygen atoms in total. The van der Waals surface area contributed by atoms with Gasteiger partial charge in [0.05, 0.1) is 25.0 Å². The van der Waals surface area contributed by atoms with E-state index in [4.69, 9.17) is 25.5 Å². The molecule has 2 aromatic carbocycles. The van der Waals surface area contributed by atoms with E-state index >= 15 is 0 Å². The molecule has 0 radical (unpaired) electrons. The second kappa shape index (κ2) is 10.8. The minimum atomic E-state index is -0.418. The van der Waals surface area contributed by atoms with E-state index in [0.717, 1.165) is 17.3 Å². The van der Waals surface area contributed by atoms with Crippen molar-refractivity contribution in [3.63, 3.8) is 0 Å². The number of anilines is 1. The molecule has 0 saturated heterocycles. The topological polar surface area (TPSA) is 104 Å². The van der Waals surface area contributed by atoms with Gasteiger partial charge in [0.15, 0.2) is 5.78 Å². The zero-order chi connectivity index (χ0) is 22.2. The van der Waals surface area contributed by atoms with Crippen LogP contribution in [0.1, 0.15) is 17.3 Å². The monoisotopic (exact) mass is 461 g/mol. The second-order valence-electron chi connectivity index (χ2n) is 6.13. The van der Waals surface area contributed by atoms with Crippen LogP contribution < -0.4 is 10.1 Å². The Morgan fingerprint density at radius 3 is 2.65 bits per heavy atom. The third kappa shape index (κ3) is 5.99. The minimum Gasteiger partial charge on any atom is -0.496 e. The lowest BCUT2D eigenvalue weighted by molar-refractivity contribution is -0.140. The maximum absolute atomic E-state index is 12.9. The van der Waals surface area contributed by atoms with Gasteiger partial charge < -0.3 is 19.2 Å². The van der Waals surface area contributed by atoms with Crippen LogP contribution >= 0.6 is 23.4 Å². The summed E-state index contributed by atoms with van der Waals surface area (Å²) in [6, 6.07) is 12.1. The Morgan fingerprint density at radius 2 is 1.94 bits per heavy atom. The zero-order valence-corrected chi connectivity index (χ0v) is 18.5. The quantitative estimate of drug-likeness (QED) is 0.268. The number of halogens is 1. The molecule has 3 aromatic rings. The van der Waals surface area contributed by atoms with E-state index in [1.165, 1.54) is 7.11 Å². The second-order valence-corrected chi connectivity index (χ2v) is 7.50. The van der Waals surface area contributed by atoms with Gasteiger partial charge in [-0.1, -0.05) is 29.4 Å². The third-order valence-electron chi connectivity index (χ3n) is 4.08. The van der Waals surface area contributed by atoms with Crippen LogP contribution in [-0.2, 0) is 9.53 Å². The predicted molar refractivity (Wildman–Crippen MR) is 118 cm³/mol. The van der Waals surface area contributed by atoms with Crippen molar-refractivity contribution < 1.29 is 23.5 Å². The van der Waals surface area contributed by atoms with Crippen LogP contribution in [0.2, 0.25) is 5.02 Å². The zero-order valence-electron chi connectivity index (χ0n) is 16.9. The van der Waals surface area contributed by atoms with E-state index in [2.05, 4.69) is 15.5 Å². The van der Waals surface area contributed by atoms with Gasteiger partial charge in [-0.05, 0) is 43.3 Å². The van der Waals surface area contributed by atoms with Crippen molar-refractivity contribution in [2.75, 3.05) is 31.3 Å². The molecule has 0 saturated carbocycles. The summed E-state index contributed by atoms with van der Waals surface area (Å²) in [5, 5.41) is 11.8. The molecule has 10 heteroatoms. The molecule has 3 rings (SSSR count). The van der Waals surface area contributed by atoms with Gasteiger partial charge in [-0.3, -0.25) is 9.59 Å². The first-order chi connectivity index (χ1) is 15.0. The molecule has 1 aromatic heterocycles. The average molecular weight is 462 g/mol. The standard InChI is InChI=1S/C21H20ClN3O5S/c1-3-29-18(27)11-23-15-5-4-6-17(28-2)19(15)16(26)12-31-21-25-24-20(30-21)13-7-9-14(22)10-8-13/h4-10,23H,3,11-12H2,1-2H3. The van der Waals surface area contributed by atoms with Crippen LogP contribution in [0.5, 0.6) is 5.75 Å². The lowest BCUT2D eigenvalue weighted by atomic mass is 10.1. The summed E-state index contributed by atoms with van der Waals surface area (Å²) in [4.78, 5) is 24.6. The van der Waals surface area contributed by atoms with Gasteiger partial charge in [0, 0.05) is 16.3 Å². The fourth-order valence-electron chi connectivity index (χ4n) is 2.69. The lowest BCUT2D eigenvalue weighted by Gasteiger charge is -2.14. The summed E-state index contributed by atoms with van der Waals surface area (Å²) >= 11 is 7.00. The van der Waals surface area contributed by atoms with Crippen molar-refractivity contribution in [1.29, 1.82) is 0 Å². The molecule has 0 amide bonds. The van der Waals surface area contributed by atoms with Crippen LogP contribution in [0.25, 0.3) is 11.5 Å². The van der Waals surface area contributed by atoms with Crippen LogP contribution in [-0.4, -0.2) is 48.0 Å². The molecular formula is C21H20ClN3O5S. The fourth-order valence-corrected chi connectivity index (χ4v) is 3.45. The van der Waals surface area contributed by atoms with Crippen LogP contribution in [0.15, 0.2) is 52.1 Å². The third-order valence-corrected chi connectivity index (χ3v) is 5.15. The number of aromatic nitrogens is 2. The number of hydrogen-bond acceptors (Lipinski definition) is 9. The van der Waals surface area contributed by atoms with Crippen molar-refractivity contribution in [3.05, 3.63) is 53.1 Å². The van der Waals surface area contributed by atoms with Gasteiger partial charge in [-0.15, -0.1) is 10.2 Å². The molecule has 0 fully saturated rings. The van der Waals surface area contributed by atoms with E-state index in [1.807, 2.05) is 0 Å². The molecule has 1 N–H and O–H groups in total. The molecule has 0 aliphatic heterocycles. The number of nitrogens with one attached hydrogen (secondary N) is 1. The number of methoxy groups -OCH3 is 1. The van der Waals surface area contributed by atoms with Crippen LogP contribution in [0.3, 0.4) is 0 Å². The number of ether oxygens (including phenoxy) is 2. The number of ketones is 1. The van der Waals surface area contributed by atoms with E-state index in [1.54, 1.807) is 49.4 Å². The number of hydrogen-bond donors (Lipinski definition) is 1. The van der Waals surface area contributed by atoms with Gasteiger partial charge >= 0.3 is 5.97 Å². The maximum atomic E-state index is 12.9. The number of rotatable bonds is 10. The Hall–Kier alpha value is -3.04. The molecule has 0 bridgehead atoms. The van der Waals surface area contributed by atoms with Crippen LogP contribution in [0.4, 0.5) is 5.69 Å². The van der Waals surface area contributed by atoms with E-state index < -0.39 is 5.97 Å². The number of benzene rings is 2. The SMILES string of the molecule is CCOC(=O)CNc1cccc(OC)c1C(=O)CSc1nnc(-c2ccc(Cl)cc2)o1. The first-order valence-corrected chi connectivity index (χ1v) is 10.7. The van der Waals surface area contributed by atoms with Crippen molar-refractivity contribution in [1.82, 2.24) is 10.2 Å². The Morgan fingerprint density at radius 1 is 1.16 bits per heavy atom. The highest BCUT2D eigenvalue weighted by Crippen LogP contribution is 2.30. The first kappa shape index (κ1) is 22.6. The highest BCUT2D eigenvalue weighted by atomic mass is 35.5. The molecular weight excluding hydrogens is 442 g/mol. The Labute approximate surface area is 188 Å². The number of carbonyl (C=O) groups excluding carboxylic acids is 2. The number of esters is 1. The Balaban J connectivity index is 1.70. The van der Waals surface area contributed by atoms with Crippen molar-refractivity contribution in [2.24, 2.45) is 0 Å². The summed E-state index contributed by atoms with van der Waals surface area (Å²) in [5.74, 6) is 0.128. The van der Waals surface area contributed by atoms with E-state index in [-0.39, 0.29) is 29.9 Å². The molecule has 0 unspecified atom stereocenters. The Kier molecular flexibility index (Phi) is 7.91. The number of carbonyl (C=O) groups is 2. The minimum absolute atomic E-state index is 0.0384. The number of nitrogens with zero attached hydrogens (tertiary/aromatic N) is 2. The van der Waals surface area contributed by atoms with Gasteiger partial charge in [-0.25, -0.2) is 0 Å². The maximum Gasteiger partial charge on any atom is 0.325 e. The predicted octanol–water partition coefficient (Wildman–Crippen LogP) is 4.35. The van der Waals surface area contributed by atoms with E-state index in [9.17, 15) is 9.59 Å². The smallest absolute Gasteiger partial charge is 0.325 e. The number of Topliss-reactive ketones (excluding diaryl/α,β-unsaturated/α-hetero) is 1. The molecule has 1 heterocycles. The van der Waals surface area contributed by atoms with Crippen molar-refractivity contribution in [3.8, 4) is 17.2 Å². The summed E-state index contributed by atoms with van der Waals surface area (Å²) in [6.07, 6.45) is 0. The summed E-state index contributed by atoms with van der Waals surface area (Å²) in [6.45, 7) is 1.94. The molecule has 0 spiro atoms. The molecule has 31 heavy (non-hydrogen) atoms. The highest BCUT2D eigenvalue weighted by Gasteiger charge is 2.20. The largest absolute Gasteiger partial charge is 0.496 e.